The summed E-state index contributed by atoms with van der Waals surface area (Å²) < 4.78 is 43.4. The lowest BCUT2D eigenvalue weighted by molar-refractivity contribution is 0.387. The average molecular weight is 405 g/mol. The molecule has 0 aromatic heterocycles. The Bertz CT molecular complexity index is 931. The topological polar surface area (TPSA) is 64.7 Å². The molecule has 0 saturated carbocycles. The molecular formula is C20H25FN4O2S. The van der Waals surface area contributed by atoms with Gasteiger partial charge in [0.05, 0.1) is 17.1 Å². The van der Waals surface area contributed by atoms with E-state index in [0.29, 0.717) is 30.4 Å². The maximum atomic E-state index is 14.4. The van der Waals surface area contributed by atoms with E-state index in [2.05, 4.69) is 10.6 Å². The van der Waals surface area contributed by atoms with Crippen LogP contribution in [-0.4, -0.2) is 40.6 Å². The Labute approximate surface area is 165 Å². The van der Waals surface area contributed by atoms with Crippen LogP contribution >= 0.6 is 0 Å². The van der Waals surface area contributed by atoms with Crippen LogP contribution in [0.4, 0.5) is 21.5 Å². The molecule has 0 spiro atoms. The normalized spacial score (nSPS) is 19.0. The van der Waals surface area contributed by atoms with Gasteiger partial charge in [0.2, 0.25) is 0 Å². The molecule has 0 unspecified atom stereocenters. The molecule has 2 aliphatic heterocycles. The van der Waals surface area contributed by atoms with Crippen LogP contribution in [0.3, 0.4) is 0 Å². The first kappa shape index (κ1) is 19.2. The van der Waals surface area contributed by atoms with Crippen LogP contribution in [0.2, 0.25) is 0 Å². The summed E-state index contributed by atoms with van der Waals surface area (Å²) in [6, 6.07) is 13.5. The minimum absolute atomic E-state index is 0.0466. The molecule has 2 heterocycles. The molecule has 8 heteroatoms. The minimum atomic E-state index is -3.88. The van der Waals surface area contributed by atoms with Gasteiger partial charge in [-0.1, -0.05) is 24.3 Å². The lowest BCUT2D eigenvalue weighted by atomic mass is 10.1. The van der Waals surface area contributed by atoms with Gasteiger partial charge in [0.25, 0.3) is 0 Å². The number of piperidine rings is 1. The number of nitrogens with one attached hydrogen (secondary N) is 2. The van der Waals surface area contributed by atoms with Gasteiger partial charge < -0.3 is 10.6 Å². The molecule has 150 valence electrons. The van der Waals surface area contributed by atoms with Gasteiger partial charge in [-0.3, -0.25) is 4.31 Å². The van der Waals surface area contributed by atoms with E-state index < -0.39 is 16.0 Å². The first-order valence-electron chi connectivity index (χ1n) is 9.70. The van der Waals surface area contributed by atoms with Crippen LogP contribution in [-0.2, 0) is 10.2 Å². The van der Waals surface area contributed by atoms with Crippen LogP contribution in [0.5, 0.6) is 0 Å². The summed E-state index contributed by atoms with van der Waals surface area (Å²) in [5.41, 5.74) is 1.12. The van der Waals surface area contributed by atoms with E-state index in [1.807, 2.05) is 0 Å². The zero-order valence-corrected chi connectivity index (χ0v) is 16.5. The van der Waals surface area contributed by atoms with Gasteiger partial charge in [-0.2, -0.15) is 8.42 Å². The Balaban J connectivity index is 1.52. The number of anilines is 3. The van der Waals surface area contributed by atoms with Gasteiger partial charge >= 0.3 is 10.2 Å². The number of benzene rings is 2. The van der Waals surface area contributed by atoms with E-state index in [0.717, 1.165) is 36.8 Å². The number of rotatable bonds is 6. The van der Waals surface area contributed by atoms with Gasteiger partial charge in [0.15, 0.2) is 0 Å². The summed E-state index contributed by atoms with van der Waals surface area (Å²) in [6.45, 7) is 3.13. The van der Waals surface area contributed by atoms with Gasteiger partial charge in [0, 0.05) is 12.6 Å². The fraction of sp³-hybridized carbons (Fsp3) is 0.400. The van der Waals surface area contributed by atoms with Crippen LogP contribution in [0.1, 0.15) is 19.3 Å². The second kappa shape index (κ2) is 8.06. The molecule has 0 amide bonds. The average Bonchev–Trinajstić information content (AvgIpc) is 2.93. The van der Waals surface area contributed by atoms with E-state index in [9.17, 15) is 12.8 Å². The predicted octanol–water partition coefficient (Wildman–Crippen LogP) is 2.76. The highest BCUT2D eigenvalue weighted by Gasteiger charge is 2.41. The molecule has 0 aliphatic carbocycles. The summed E-state index contributed by atoms with van der Waals surface area (Å²) >= 11 is 0. The molecule has 1 saturated heterocycles. The van der Waals surface area contributed by atoms with E-state index in [1.165, 1.54) is 16.4 Å². The smallest absolute Gasteiger partial charge is 0.317 e. The van der Waals surface area contributed by atoms with Gasteiger partial charge in [-0.05, 0) is 63.2 Å². The molecular weight excluding hydrogens is 379 g/mol. The second-order valence-corrected chi connectivity index (χ2v) is 8.82. The van der Waals surface area contributed by atoms with Crippen molar-refractivity contribution in [1.29, 1.82) is 0 Å². The van der Waals surface area contributed by atoms with E-state index in [4.69, 9.17) is 0 Å². The van der Waals surface area contributed by atoms with Gasteiger partial charge in [-0.25, -0.2) is 8.70 Å². The van der Waals surface area contributed by atoms with Crippen molar-refractivity contribution in [2.75, 3.05) is 34.8 Å². The van der Waals surface area contributed by atoms with Crippen molar-refractivity contribution in [2.24, 2.45) is 0 Å². The minimum Gasteiger partial charge on any atom is -0.317 e. The lowest BCUT2D eigenvalue weighted by Gasteiger charge is -2.25. The summed E-state index contributed by atoms with van der Waals surface area (Å²) in [5.74, 6) is -0.560. The molecule has 0 bridgehead atoms. The number of hydrogen-bond donors (Lipinski definition) is 2. The molecule has 0 atom stereocenters. The largest absolute Gasteiger partial charge is 0.331 e. The van der Waals surface area contributed by atoms with Crippen molar-refractivity contribution >= 4 is 27.3 Å². The number of nitrogens with zero attached hydrogens (tertiary/aromatic N) is 2. The van der Waals surface area contributed by atoms with Crippen molar-refractivity contribution < 1.29 is 12.8 Å². The molecule has 6 nitrogen and oxygen atoms in total. The predicted molar refractivity (Wildman–Crippen MR) is 110 cm³/mol. The SMILES string of the molecule is O=S1(=O)N(CCCNC2CCNCC2)c2ccccc2N1c1ccccc1F. The first-order chi connectivity index (χ1) is 13.6. The summed E-state index contributed by atoms with van der Waals surface area (Å²) in [5, 5.41) is 6.85. The van der Waals surface area contributed by atoms with Crippen molar-refractivity contribution in [1.82, 2.24) is 10.6 Å². The summed E-state index contributed by atoms with van der Waals surface area (Å²) in [6.07, 6.45) is 2.86. The molecule has 2 aromatic rings. The van der Waals surface area contributed by atoms with Crippen LogP contribution in [0, 0.1) is 5.82 Å². The van der Waals surface area contributed by atoms with Crippen molar-refractivity contribution in [3.8, 4) is 0 Å². The first-order valence-corrected chi connectivity index (χ1v) is 11.1. The van der Waals surface area contributed by atoms with Crippen molar-refractivity contribution in [3.05, 3.63) is 54.3 Å². The van der Waals surface area contributed by atoms with Crippen LogP contribution < -0.4 is 19.2 Å². The number of halogens is 1. The molecule has 2 N–H and O–H groups in total. The molecule has 1 fully saturated rings. The maximum absolute atomic E-state index is 14.4. The maximum Gasteiger partial charge on any atom is 0.331 e. The number of fused-ring (bicyclic) bond motifs is 1. The molecule has 2 aliphatic rings. The third kappa shape index (κ3) is 3.59. The highest BCUT2D eigenvalue weighted by Crippen LogP contribution is 2.45. The Kier molecular flexibility index (Phi) is 5.52. The van der Waals surface area contributed by atoms with Crippen LogP contribution in [0.25, 0.3) is 0 Å². The lowest BCUT2D eigenvalue weighted by Crippen LogP contribution is -2.41. The number of hydrogen-bond acceptors (Lipinski definition) is 4. The summed E-state index contributed by atoms with van der Waals surface area (Å²) in [7, 11) is -3.88. The highest BCUT2D eigenvalue weighted by molar-refractivity contribution is 7.95. The Morgan fingerprint density at radius 1 is 1.00 bits per heavy atom. The third-order valence-corrected chi connectivity index (χ3v) is 7.05. The molecule has 0 radical (unpaired) electrons. The zero-order chi connectivity index (χ0) is 19.6. The Morgan fingerprint density at radius 2 is 1.64 bits per heavy atom. The van der Waals surface area contributed by atoms with Crippen molar-refractivity contribution in [2.45, 2.75) is 25.3 Å². The molecule has 4 rings (SSSR count). The Hall–Kier alpha value is -2.16. The second-order valence-electron chi connectivity index (χ2n) is 7.12. The van der Waals surface area contributed by atoms with Gasteiger partial charge in [-0.15, -0.1) is 0 Å². The monoisotopic (exact) mass is 404 g/mol. The highest BCUT2D eigenvalue weighted by atomic mass is 32.2. The van der Waals surface area contributed by atoms with E-state index in [1.54, 1.807) is 36.4 Å². The fourth-order valence-corrected chi connectivity index (χ4v) is 5.61. The van der Waals surface area contributed by atoms with Crippen molar-refractivity contribution in [3.63, 3.8) is 0 Å². The van der Waals surface area contributed by atoms with Gasteiger partial charge in [0.1, 0.15) is 5.82 Å². The quantitative estimate of drug-likeness (QED) is 0.727. The zero-order valence-electron chi connectivity index (χ0n) is 15.6. The molecule has 28 heavy (non-hydrogen) atoms. The van der Waals surface area contributed by atoms with Crippen LogP contribution in [0.15, 0.2) is 48.5 Å². The number of para-hydroxylation sites is 3. The Morgan fingerprint density at radius 3 is 2.36 bits per heavy atom. The fourth-order valence-electron chi connectivity index (χ4n) is 3.86. The standard InChI is InChI=1S/C20H25FN4O2S/c21-17-6-1-2-7-18(17)25-20-9-4-3-8-19(20)24(28(25,26)27)15-5-12-23-16-10-13-22-14-11-16/h1-4,6-9,16,22-23H,5,10-15H2. The third-order valence-electron chi connectivity index (χ3n) is 5.26. The molecule has 2 aromatic carbocycles. The summed E-state index contributed by atoms with van der Waals surface area (Å²) in [4.78, 5) is 0. The van der Waals surface area contributed by atoms with E-state index >= 15 is 0 Å². The van der Waals surface area contributed by atoms with E-state index in [-0.39, 0.29) is 5.69 Å².